The molecule has 130 valence electrons. The number of hydrogen-bond acceptors (Lipinski definition) is 3. The van der Waals surface area contributed by atoms with Gasteiger partial charge in [0.2, 0.25) is 5.91 Å². The van der Waals surface area contributed by atoms with Crippen LogP contribution in [0.2, 0.25) is 0 Å². The van der Waals surface area contributed by atoms with Crippen molar-refractivity contribution in [3.63, 3.8) is 0 Å². The maximum atomic E-state index is 12.5. The van der Waals surface area contributed by atoms with E-state index in [4.69, 9.17) is 4.74 Å². The molecule has 2 fully saturated rings. The van der Waals surface area contributed by atoms with E-state index in [0.29, 0.717) is 6.54 Å². The van der Waals surface area contributed by atoms with Crippen molar-refractivity contribution in [1.29, 1.82) is 0 Å². The number of benzene rings is 2. The predicted molar refractivity (Wildman–Crippen MR) is 97.4 cm³/mol. The molecule has 2 aromatic carbocycles. The van der Waals surface area contributed by atoms with Gasteiger partial charge in [-0.15, -0.1) is 0 Å². The van der Waals surface area contributed by atoms with Crippen molar-refractivity contribution in [3.05, 3.63) is 60.2 Å². The van der Waals surface area contributed by atoms with Crippen LogP contribution in [0.15, 0.2) is 54.6 Å². The highest BCUT2D eigenvalue weighted by Gasteiger charge is 2.57. The van der Waals surface area contributed by atoms with Crippen molar-refractivity contribution >= 4 is 5.91 Å². The van der Waals surface area contributed by atoms with Crippen LogP contribution in [0.5, 0.6) is 11.5 Å². The van der Waals surface area contributed by atoms with Crippen LogP contribution in [0.25, 0.3) is 0 Å². The number of amides is 1. The number of para-hydroxylation sites is 1. The Morgan fingerprint density at radius 3 is 2.64 bits per heavy atom. The second kappa shape index (κ2) is 6.89. The molecule has 1 atom stereocenters. The molecule has 1 heterocycles. The molecule has 1 unspecified atom stereocenters. The van der Waals surface area contributed by atoms with E-state index in [1.165, 1.54) is 0 Å². The van der Waals surface area contributed by atoms with Crippen molar-refractivity contribution < 1.29 is 9.53 Å². The second-order valence-electron chi connectivity index (χ2n) is 7.15. The van der Waals surface area contributed by atoms with Gasteiger partial charge in [-0.05, 0) is 67.6 Å². The third-order valence-corrected chi connectivity index (χ3v) is 5.45. The van der Waals surface area contributed by atoms with Gasteiger partial charge in [-0.25, -0.2) is 0 Å². The lowest BCUT2D eigenvalue weighted by atomic mass is 9.92. The van der Waals surface area contributed by atoms with Crippen molar-refractivity contribution in [1.82, 2.24) is 10.6 Å². The summed E-state index contributed by atoms with van der Waals surface area (Å²) in [5.74, 6) is 2.02. The molecule has 4 heteroatoms. The van der Waals surface area contributed by atoms with Crippen molar-refractivity contribution in [3.8, 4) is 11.5 Å². The molecule has 2 N–H and O–H groups in total. The fourth-order valence-electron chi connectivity index (χ4n) is 3.85. The first-order valence-corrected chi connectivity index (χ1v) is 9.05. The predicted octanol–water partition coefficient (Wildman–Crippen LogP) is 3.48. The van der Waals surface area contributed by atoms with Gasteiger partial charge in [-0.3, -0.25) is 4.79 Å². The van der Waals surface area contributed by atoms with E-state index in [0.717, 1.165) is 49.4 Å². The molecule has 25 heavy (non-hydrogen) atoms. The molecule has 4 nitrogen and oxygen atoms in total. The van der Waals surface area contributed by atoms with Gasteiger partial charge >= 0.3 is 0 Å². The highest BCUT2D eigenvalue weighted by molar-refractivity contribution is 5.82. The van der Waals surface area contributed by atoms with Crippen LogP contribution in [0, 0.1) is 11.3 Å². The second-order valence-corrected chi connectivity index (χ2v) is 7.15. The summed E-state index contributed by atoms with van der Waals surface area (Å²) in [6.45, 7) is 2.64. The molecule has 1 spiro atoms. The van der Waals surface area contributed by atoms with E-state index in [1.54, 1.807) is 0 Å². The number of piperidine rings is 1. The van der Waals surface area contributed by atoms with Gasteiger partial charge in [0.25, 0.3) is 0 Å². The summed E-state index contributed by atoms with van der Waals surface area (Å²) < 4.78 is 5.86. The molecule has 2 aliphatic rings. The van der Waals surface area contributed by atoms with E-state index < -0.39 is 0 Å². The van der Waals surface area contributed by atoms with E-state index in [1.807, 2.05) is 54.6 Å². The third-order valence-electron chi connectivity index (χ3n) is 5.45. The highest BCUT2D eigenvalue weighted by Crippen LogP contribution is 2.58. The lowest BCUT2D eigenvalue weighted by Crippen LogP contribution is -2.33. The lowest BCUT2D eigenvalue weighted by Gasteiger charge is -2.23. The zero-order valence-corrected chi connectivity index (χ0v) is 14.3. The Morgan fingerprint density at radius 1 is 1.08 bits per heavy atom. The van der Waals surface area contributed by atoms with Gasteiger partial charge in [0.05, 0.1) is 0 Å². The average Bonchev–Trinajstić information content (AvgIpc) is 3.34. The minimum atomic E-state index is 0.205. The first-order chi connectivity index (χ1) is 12.3. The molecule has 1 amide bonds. The molecular formula is C21H24N2O2. The standard InChI is InChI=1S/C21H24N2O2/c24-20(19-14-21(19)9-11-22-12-10-21)23-15-16-5-4-8-18(13-16)25-17-6-2-1-3-7-17/h1-8,13,19,22H,9-12,14-15H2,(H,23,24). The quantitative estimate of drug-likeness (QED) is 0.879. The molecular weight excluding hydrogens is 312 g/mol. The van der Waals surface area contributed by atoms with Gasteiger partial charge in [-0.1, -0.05) is 30.3 Å². The summed E-state index contributed by atoms with van der Waals surface area (Å²) >= 11 is 0. The molecule has 1 aliphatic heterocycles. The summed E-state index contributed by atoms with van der Waals surface area (Å²) in [6.07, 6.45) is 3.31. The minimum Gasteiger partial charge on any atom is -0.457 e. The Balaban J connectivity index is 1.32. The van der Waals surface area contributed by atoms with E-state index >= 15 is 0 Å². The van der Waals surface area contributed by atoms with Crippen molar-refractivity contribution in [2.75, 3.05) is 13.1 Å². The SMILES string of the molecule is O=C(NCc1cccc(Oc2ccccc2)c1)C1CC12CCNCC2. The number of carbonyl (C=O) groups is 1. The summed E-state index contributed by atoms with van der Waals surface area (Å²) in [5, 5.41) is 6.49. The zero-order valence-electron chi connectivity index (χ0n) is 14.3. The smallest absolute Gasteiger partial charge is 0.223 e. The molecule has 1 saturated carbocycles. The fourth-order valence-corrected chi connectivity index (χ4v) is 3.85. The van der Waals surface area contributed by atoms with Crippen LogP contribution < -0.4 is 15.4 Å². The van der Waals surface area contributed by atoms with Crippen LogP contribution in [0.3, 0.4) is 0 Å². The third kappa shape index (κ3) is 3.69. The minimum absolute atomic E-state index is 0.205. The normalized spacial score (nSPS) is 20.9. The number of rotatable bonds is 5. The zero-order chi connectivity index (χ0) is 17.1. The van der Waals surface area contributed by atoms with E-state index in [2.05, 4.69) is 10.6 Å². The van der Waals surface area contributed by atoms with Gasteiger partial charge < -0.3 is 15.4 Å². The monoisotopic (exact) mass is 336 g/mol. The Bertz CT molecular complexity index is 739. The fraction of sp³-hybridized carbons (Fsp3) is 0.381. The van der Waals surface area contributed by atoms with Crippen LogP contribution >= 0.6 is 0 Å². The Morgan fingerprint density at radius 2 is 1.84 bits per heavy atom. The Hall–Kier alpha value is -2.33. The molecule has 2 aromatic rings. The van der Waals surface area contributed by atoms with Crippen molar-refractivity contribution in [2.24, 2.45) is 11.3 Å². The molecule has 1 saturated heterocycles. The number of nitrogens with one attached hydrogen (secondary N) is 2. The van der Waals surface area contributed by atoms with Gasteiger partial charge in [0.1, 0.15) is 11.5 Å². The highest BCUT2D eigenvalue weighted by atomic mass is 16.5. The van der Waals surface area contributed by atoms with E-state index in [-0.39, 0.29) is 17.2 Å². The van der Waals surface area contributed by atoms with Crippen LogP contribution in [-0.4, -0.2) is 19.0 Å². The van der Waals surface area contributed by atoms with Gasteiger partial charge in [0, 0.05) is 12.5 Å². The first-order valence-electron chi connectivity index (χ1n) is 9.05. The average molecular weight is 336 g/mol. The summed E-state index contributed by atoms with van der Waals surface area (Å²) in [5.41, 5.74) is 1.34. The summed E-state index contributed by atoms with van der Waals surface area (Å²) in [4.78, 5) is 12.5. The van der Waals surface area contributed by atoms with Gasteiger partial charge in [0.15, 0.2) is 0 Å². The molecule has 1 aliphatic carbocycles. The molecule has 4 rings (SSSR count). The summed E-state index contributed by atoms with van der Waals surface area (Å²) in [7, 11) is 0. The maximum absolute atomic E-state index is 12.5. The number of ether oxygens (including phenoxy) is 1. The molecule has 0 aromatic heterocycles. The topological polar surface area (TPSA) is 50.4 Å². The first kappa shape index (κ1) is 16.2. The number of hydrogen-bond donors (Lipinski definition) is 2. The van der Waals surface area contributed by atoms with Gasteiger partial charge in [-0.2, -0.15) is 0 Å². The Labute approximate surface area is 148 Å². The largest absolute Gasteiger partial charge is 0.457 e. The molecule has 0 bridgehead atoms. The van der Waals surface area contributed by atoms with Crippen molar-refractivity contribution in [2.45, 2.75) is 25.8 Å². The molecule has 0 radical (unpaired) electrons. The Kier molecular flexibility index (Phi) is 4.45. The van der Waals surface area contributed by atoms with Crippen LogP contribution in [0.4, 0.5) is 0 Å². The maximum Gasteiger partial charge on any atom is 0.223 e. The lowest BCUT2D eigenvalue weighted by molar-refractivity contribution is -0.123. The number of carbonyl (C=O) groups excluding carboxylic acids is 1. The van der Waals surface area contributed by atoms with E-state index in [9.17, 15) is 4.79 Å². The van der Waals surface area contributed by atoms with Crippen LogP contribution in [0.1, 0.15) is 24.8 Å². The summed E-state index contributed by atoms with van der Waals surface area (Å²) in [6, 6.07) is 17.6. The van der Waals surface area contributed by atoms with Crippen LogP contribution in [-0.2, 0) is 11.3 Å².